The zero-order valence-corrected chi connectivity index (χ0v) is 15.3. The van der Waals surface area contributed by atoms with Gasteiger partial charge in [0, 0.05) is 24.6 Å². The number of hydrogen-bond donors (Lipinski definition) is 3. The first-order valence-corrected chi connectivity index (χ1v) is 9.23. The molecule has 0 bridgehead atoms. The van der Waals surface area contributed by atoms with Gasteiger partial charge in [0.25, 0.3) is 5.91 Å². The summed E-state index contributed by atoms with van der Waals surface area (Å²) in [6.45, 7) is 0.415. The highest BCUT2D eigenvalue weighted by Gasteiger charge is 2.17. The Morgan fingerprint density at radius 1 is 1.42 bits per heavy atom. The van der Waals surface area contributed by atoms with E-state index in [1.807, 2.05) is 35.7 Å². The fourth-order valence-electron chi connectivity index (χ4n) is 2.73. The Balaban J connectivity index is 1.67. The summed E-state index contributed by atoms with van der Waals surface area (Å²) in [7, 11) is 1.60. The number of hydrogen-bond acceptors (Lipinski definition) is 5. The van der Waals surface area contributed by atoms with Crippen LogP contribution in [0.25, 0.3) is 11.3 Å². The zero-order chi connectivity index (χ0) is 18.4. The number of benzene rings is 1. The van der Waals surface area contributed by atoms with Gasteiger partial charge in [-0.05, 0) is 40.9 Å². The van der Waals surface area contributed by atoms with E-state index in [9.17, 15) is 9.90 Å². The number of nitrogens with zero attached hydrogens (tertiary/aromatic N) is 1. The summed E-state index contributed by atoms with van der Waals surface area (Å²) < 4.78 is 5.23. The highest BCUT2D eigenvalue weighted by atomic mass is 32.1. The molecule has 3 aromatic rings. The van der Waals surface area contributed by atoms with E-state index in [0.717, 1.165) is 12.0 Å². The van der Waals surface area contributed by atoms with Crippen molar-refractivity contribution in [3.63, 3.8) is 0 Å². The van der Waals surface area contributed by atoms with Crippen molar-refractivity contribution in [3.05, 3.63) is 58.4 Å². The summed E-state index contributed by atoms with van der Waals surface area (Å²) in [5, 5.41) is 23.4. The topological polar surface area (TPSA) is 87.2 Å². The molecule has 6 nitrogen and oxygen atoms in total. The van der Waals surface area contributed by atoms with Crippen molar-refractivity contribution in [1.82, 2.24) is 15.5 Å². The molecule has 0 saturated carbocycles. The lowest BCUT2D eigenvalue weighted by molar-refractivity contribution is 0.0940. The molecular formula is C19H21N3O3S. The van der Waals surface area contributed by atoms with E-state index in [-0.39, 0.29) is 18.4 Å². The second-order valence-electron chi connectivity index (χ2n) is 5.98. The molecule has 0 unspecified atom stereocenters. The van der Waals surface area contributed by atoms with Gasteiger partial charge in [-0.3, -0.25) is 9.89 Å². The number of carbonyl (C=O) groups is 1. The lowest BCUT2D eigenvalue weighted by Gasteiger charge is -2.14. The molecule has 3 rings (SSSR count). The normalized spacial score (nSPS) is 11.9. The predicted octanol–water partition coefficient (Wildman–Crippen LogP) is 2.73. The molecule has 1 aromatic carbocycles. The van der Waals surface area contributed by atoms with Crippen LogP contribution in [0.15, 0.2) is 47.3 Å². The minimum atomic E-state index is -0.222. The Morgan fingerprint density at radius 2 is 2.31 bits per heavy atom. The summed E-state index contributed by atoms with van der Waals surface area (Å²) in [6, 6.07) is 9.47. The van der Waals surface area contributed by atoms with Crippen molar-refractivity contribution >= 4 is 17.2 Å². The van der Waals surface area contributed by atoms with Gasteiger partial charge in [0.2, 0.25) is 0 Å². The van der Waals surface area contributed by atoms with Gasteiger partial charge < -0.3 is 15.2 Å². The average molecular weight is 371 g/mol. The van der Waals surface area contributed by atoms with Gasteiger partial charge in [-0.15, -0.1) is 0 Å². The first-order valence-electron chi connectivity index (χ1n) is 8.29. The van der Waals surface area contributed by atoms with Gasteiger partial charge >= 0.3 is 0 Å². The molecule has 0 fully saturated rings. The van der Waals surface area contributed by atoms with Gasteiger partial charge in [0.1, 0.15) is 5.75 Å². The van der Waals surface area contributed by atoms with Crippen LogP contribution in [0.2, 0.25) is 0 Å². The Hall–Kier alpha value is -2.64. The molecule has 2 aromatic heterocycles. The summed E-state index contributed by atoms with van der Waals surface area (Å²) in [5.41, 5.74) is 3.10. The molecule has 7 heteroatoms. The fourth-order valence-corrected chi connectivity index (χ4v) is 3.41. The van der Waals surface area contributed by atoms with Gasteiger partial charge in [-0.25, -0.2) is 0 Å². The number of thiophene rings is 1. The molecule has 1 amide bonds. The smallest absolute Gasteiger partial charge is 0.255 e. The Morgan fingerprint density at radius 3 is 3.04 bits per heavy atom. The van der Waals surface area contributed by atoms with E-state index < -0.39 is 0 Å². The Kier molecular flexibility index (Phi) is 6.04. The third kappa shape index (κ3) is 4.30. The number of aliphatic hydroxyl groups excluding tert-OH is 1. The standard InChI is InChI=1S/C19H21N3O3S/c1-25-16-4-2-3-15(8-16)18-17(10-21-22-18)19(24)20-9-14(11-23)7-13-5-6-26-12-13/h2-6,8,10,12,14,23H,7,9,11H2,1H3,(H,20,24)(H,21,22)/t14-/m1/s1. The van der Waals surface area contributed by atoms with Crippen LogP contribution in [0.4, 0.5) is 0 Å². The van der Waals surface area contributed by atoms with Gasteiger partial charge in [-0.1, -0.05) is 12.1 Å². The number of carbonyl (C=O) groups excluding carboxylic acids is 1. The lowest BCUT2D eigenvalue weighted by atomic mass is 10.0. The molecule has 0 aliphatic heterocycles. The average Bonchev–Trinajstić information content (AvgIpc) is 3.36. The predicted molar refractivity (Wildman–Crippen MR) is 102 cm³/mol. The van der Waals surface area contributed by atoms with Crippen LogP contribution in [-0.2, 0) is 6.42 Å². The minimum Gasteiger partial charge on any atom is -0.497 e. The maximum absolute atomic E-state index is 12.6. The van der Waals surface area contributed by atoms with Crippen molar-refractivity contribution in [3.8, 4) is 17.0 Å². The number of rotatable bonds is 8. The molecule has 26 heavy (non-hydrogen) atoms. The molecule has 2 heterocycles. The summed E-state index contributed by atoms with van der Waals surface area (Å²) in [4.78, 5) is 12.6. The number of aromatic amines is 1. The third-order valence-corrected chi connectivity index (χ3v) is 4.89. The van der Waals surface area contributed by atoms with Crippen LogP contribution in [-0.4, -0.2) is 41.5 Å². The Labute approximate surface area is 155 Å². The lowest BCUT2D eigenvalue weighted by Crippen LogP contribution is -2.31. The van der Waals surface area contributed by atoms with Crippen LogP contribution in [0, 0.1) is 5.92 Å². The SMILES string of the molecule is COc1cccc(-c2[nH]ncc2C(=O)NC[C@H](CO)Cc2ccsc2)c1. The number of nitrogens with one attached hydrogen (secondary N) is 2. The number of aromatic nitrogens is 2. The van der Waals surface area contributed by atoms with E-state index in [4.69, 9.17) is 4.74 Å². The van der Waals surface area contributed by atoms with Crippen LogP contribution >= 0.6 is 11.3 Å². The van der Waals surface area contributed by atoms with Crippen LogP contribution < -0.4 is 10.1 Å². The fraction of sp³-hybridized carbons (Fsp3) is 0.263. The largest absolute Gasteiger partial charge is 0.497 e. The van der Waals surface area contributed by atoms with Gasteiger partial charge in [0.15, 0.2) is 0 Å². The number of methoxy groups -OCH3 is 1. The molecule has 3 N–H and O–H groups in total. The number of aliphatic hydroxyl groups is 1. The highest BCUT2D eigenvalue weighted by Crippen LogP contribution is 2.25. The number of H-pyrrole nitrogens is 1. The third-order valence-electron chi connectivity index (χ3n) is 4.16. The van der Waals surface area contributed by atoms with Gasteiger partial charge in [0.05, 0.1) is 24.6 Å². The molecule has 0 saturated heterocycles. The maximum Gasteiger partial charge on any atom is 0.255 e. The molecule has 1 atom stereocenters. The summed E-state index contributed by atoms with van der Waals surface area (Å²) >= 11 is 1.63. The van der Waals surface area contributed by atoms with Crippen molar-refractivity contribution < 1.29 is 14.6 Å². The second-order valence-corrected chi connectivity index (χ2v) is 6.77. The van der Waals surface area contributed by atoms with Crippen molar-refractivity contribution in [2.24, 2.45) is 5.92 Å². The highest BCUT2D eigenvalue weighted by molar-refractivity contribution is 7.07. The first kappa shape index (κ1) is 18.2. The van der Waals surface area contributed by atoms with Crippen LogP contribution in [0.1, 0.15) is 15.9 Å². The molecular weight excluding hydrogens is 350 g/mol. The van der Waals surface area contributed by atoms with Crippen molar-refractivity contribution in [2.45, 2.75) is 6.42 Å². The summed E-state index contributed by atoms with van der Waals surface area (Å²) in [5.74, 6) is 0.459. The molecule has 136 valence electrons. The molecule has 0 radical (unpaired) electrons. The van der Waals surface area contributed by atoms with E-state index in [1.54, 1.807) is 18.4 Å². The number of ether oxygens (including phenoxy) is 1. The Bertz CT molecular complexity index is 845. The molecule has 0 aliphatic carbocycles. The molecule has 0 aliphatic rings. The van der Waals surface area contributed by atoms with Crippen LogP contribution in [0.3, 0.4) is 0 Å². The minimum absolute atomic E-state index is 0.0181. The zero-order valence-electron chi connectivity index (χ0n) is 14.4. The number of amides is 1. The van der Waals surface area contributed by atoms with Crippen LogP contribution in [0.5, 0.6) is 5.75 Å². The van der Waals surface area contributed by atoms with E-state index >= 15 is 0 Å². The second kappa shape index (κ2) is 8.64. The monoisotopic (exact) mass is 371 g/mol. The van der Waals surface area contributed by atoms with Crippen molar-refractivity contribution in [2.75, 3.05) is 20.3 Å². The quantitative estimate of drug-likeness (QED) is 0.568. The first-order chi connectivity index (χ1) is 12.7. The van der Waals surface area contributed by atoms with E-state index in [2.05, 4.69) is 20.9 Å². The van der Waals surface area contributed by atoms with Crippen molar-refractivity contribution in [1.29, 1.82) is 0 Å². The maximum atomic E-state index is 12.6. The summed E-state index contributed by atoms with van der Waals surface area (Å²) in [6.07, 6.45) is 2.24. The van der Waals surface area contributed by atoms with E-state index in [1.165, 1.54) is 11.8 Å². The van der Waals surface area contributed by atoms with E-state index in [0.29, 0.717) is 23.6 Å². The molecule has 0 spiro atoms. The van der Waals surface area contributed by atoms with Gasteiger partial charge in [-0.2, -0.15) is 16.4 Å².